The van der Waals surface area contributed by atoms with Gasteiger partial charge in [-0.25, -0.2) is 8.78 Å². The van der Waals surface area contributed by atoms with Crippen LogP contribution in [0.2, 0.25) is 0 Å². The van der Waals surface area contributed by atoms with Crippen LogP contribution in [0.1, 0.15) is 5.56 Å². The Morgan fingerprint density at radius 2 is 1.80 bits per heavy atom. The lowest BCUT2D eigenvalue weighted by atomic mass is 10.2. The minimum atomic E-state index is -0.746. The Bertz CT molecular complexity index is 610. The lowest BCUT2D eigenvalue weighted by Crippen LogP contribution is -1.99. The molecule has 0 aliphatic heterocycles. The van der Waals surface area contributed by atoms with Gasteiger partial charge in [0.1, 0.15) is 18.2 Å². The van der Waals surface area contributed by atoms with Gasteiger partial charge in [0.05, 0.1) is 16.1 Å². The first-order chi connectivity index (χ1) is 9.51. The molecule has 0 aromatic heterocycles. The third-order valence-corrected chi connectivity index (χ3v) is 3.77. The minimum Gasteiger partial charge on any atom is -0.496 e. The summed E-state index contributed by atoms with van der Waals surface area (Å²) in [4.78, 5) is 0. The molecule has 0 bridgehead atoms. The molecule has 0 unspecified atom stereocenters. The van der Waals surface area contributed by atoms with E-state index >= 15 is 0 Å². The molecule has 2 nitrogen and oxygen atoms in total. The largest absolute Gasteiger partial charge is 0.496 e. The highest BCUT2D eigenvalue weighted by atomic mass is 79.9. The van der Waals surface area contributed by atoms with E-state index in [0.29, 0.717) is 5.75 Å². The Morgan fingerprint density at radius 3 is 2.40 bits per heavy atom. The maximum Gasteiger partial charge on any atom is 0.169 e. The Kier molecular flexibility index (Phi) is 4.99. The van der Waals surface area contributed by atoms with Crippen molar-refractivity contribution in [1.29, 1.82) is 0 Å². The van der Waals surface area contributed by atoms with E-state index in [4.69, 9.17) is 9.47 Å². The van der Waals surface area contributed by atoms with Gasteiger partial charge in [-0.1, -0.05) is 6.07 Å². The number of methoxy groups -OCH3 is 1. The average Bonchev–Trinajstić information content (AvgIpc) is 2.37. The van der Waals surface area contributed by atoms with Crippen LogP contribution in [0.25, 0.3) is 0 Å². The molecule has 0 aliphatic carbocycles. The summed E-state index contributed by atoms with van der Waals surface area (Å²) in [5.74, 6) is -0.723. The zero-order chi connectivity index (χ0) is 14.7. The van der Waals surface area contributed by atoms with E-state index in [0.717, 1.165) is 22.2 Å². The highest BCUT2D eigenvalue weighted by molar-refractivity contribution is 9.10. The lowest BCUT2D eigenvalue weighted by Gasteiger charge is -2.11. The molecule has 0 spiro atoms. The van der Waals surface area contributed by atoms with Crippen molar-refractivity contribution >= 4 is 31.9 Å². The van der Waals surface area contributed by atoms with Gasteiger partial charge in [0, 0.05) is 6.07 Å². The van der Waals surface area contributed by atoms with E-state index < -0.39 is 11.6 Å². The van der Waals surface area contributed by atoms with Crippen molar-refractivity contribution in [1.82, 2.24) is 0 Å². The van der Waals surface area contributed by atoms with Crippen molar-refractivity contribution < 1.29 is 18.3 Å². The van der Waals surface area contributed by atoms with E-state index in [2.05, 4.69) is 31.9 Å². The molecule has 0 N–H and O–H groups in total. The summed E-state index contributed by atoms with van der Waals surface area (Å²) in [5.41, 5.74) is 0.827. The molecule has 2 aromatic carbocycles. The number of hydrogen-bond acceptors (Lipinski definition) is 2. The first-order valence-electron chi connectivity index (χ1n) is 5.61. The fourth-order valence-corrected chi connectivity index (χ4v) is 2.73. The van der Waals surface area contributed by atoms with Gasteiger partial charge in [-0.3, -0.25) is 0 Å². The Balaban J connectivity index is 2.15. The maximum atomic E-state index is 13.6. The van der Waals surface area contributed by atoms with Crippen LogP contribution < -0.4 is 9.47 Å². The van der Waals surface area contributed by atoms with Gasteiger partial charge >= 0.3 is 0 Å². The van der Waals surface area contributed by atoms with Crippen molar-refractivity contribution in [3.8, 4) is 11.5 Å². The molecule has 0 radical (unpaired) electrons. The van der Waals surface area contributed by atoms with E-state index in [1.165, 1.54) is 0 Å². The summed E-state index contributed by atoms with van der Waals surface area (Å²) in [7, 11) is 1.57. The van der Waals surface area contributed by atoms with Crippen molar-refractivity contribution in [2.24, 2.45) is 0 Å². The standard InChI is InChI=1S/C14H10Br2F2O2/c1-19-13-3-2-8(4-10(13)15)7-20-14-11(16)5-9(17)6-12(14)18/h2-6H,7H2,1H3. The van der Waals surface area contributed by atoms with Gasteiger partial charge in [0.15, 0.2) is 11.6 Å². The number of ether oxygens (including phenoxy) is 2. The first-order valence-corrected chi connectivity index (χ1v) is 7.19. The third kappa shape index (κ3) is 3.49. The molecule has 0 aliphatic rings. The van der Waals surface area contributed by atoms with Crippen LogP contribution in [0.5, 0.6) is 11.5 Å². The van der Waals surface area contributed by atoms with Crippen LogP contribution >= 0.6 is 31.9 Å². The summed E-state index contributed by atoms with van der Waals surface area (Å²) in [6.45, 7) is 0.156. The van der Waals surface area contributed by atoms with Gasteiger partial charge in [0.2, 0.25) is 0 Å². The van der Waals surface area contributed by atoms with E-state index in [1.54, 1.807) is 19.2 Å². The van der Waals surface area contributed by atoms with Gasteiger partial charge in [-0.15, -0.1) is 0 Å². The molecule has 6 heteroatoms. The molecule has 0 fully saturated rings. The molecule has 0 heterocycles. The summed E-state index contributed by atoms with van der Waals surface area (Å²) in [5, 5.41) is 0. The monoisotopic (exact) mass is 406 g/mol. The number of halogens is 4. The lowest BCUT2D eigenvalue weighted by molar-refractivity contribution is 0.287. The van der Waals surface area contributed by atoms with Gasteiger partial charge in [-0.2, -0.15) is 0 Å². The second-order valence-corrected chi connectivity index (χ2v) is 5.66. The molecule has 0 saturated carbocycles. The van der Waals surface area contributed by atoms with E-state index in [-0.39, 0.29) is 16.8 Å². The van der Waals surface area contributed by atoms with Gasteiger partial charge in [-0.05, 0) is 55.6 Å². The predicted octanol–water partition coefficient (Wildman–Crippen LogP) is 5.08. The number of rotatable bonds is 4. The van der Waals surface area contributed by atoms with Gasteiger partial charge in [0.25, 0.3) is 0 Å². The van der Waals surface area contributed by atoms with Crippen LogP contribution in [0.3, 0.4) is 0 Å². The smallest absolute Gasteiger partial charge is 0.169 e. The van der Waals surface area contributed by atoms with Crippen LogP contribution in [0.4, 0.5) is 8.78 Å². The van der Waals surface area contributed by atoms with Crippen LogP contribution in [-0.4, -0.2) is 7.11 Å². The molecular formula is C14H10Br2F2O2. The zero-order valence-corrected chi connectivity index (χ0v) is 13.6. The molecule has 0 atom stereocenters. The van der Waals surface area contributed by atoms with E-state index in [1.807, 2.05) is 6.07 Å². The first kappa shape index (κ1) is 15.3. The summed E-state index contributed by atoms with van der Waals surface area (Å²) in [6.07, 6.45) is 0. The highest BCUT2D eigenvalue weighted by Gasteiger charge is 2.11. The number of benzene rings is 2. The minimum absolute atomic E-state index is 0.0154. The normalized spacial score (nSPS) is 10.4. The topological polar surface area (TPSA) is 18.5 Å². The van der Waals surface area contributed by atoms with Crippen LogP contribution in [0, 0.1) is 11.6 Å². The Hall–Kier alpha value is -1.14. The highest BCUT2D eigenvalue weighted by Crippen LogP contribution is 2.31. The fraction of sp³-hybridized carbons (Fsp3) is 0.143. The number of hydrogen-bond donors (Lipinski definition) is 0. The maximum absolute atomic E-state index is 13.6. The summed E-state index contributed by atoms with van der Waals surface area (Å²) < 4.78 is 38.1. The van der Waals surface area contributed by atoms with Crippen molar-refractivity contribution in [3.05, 3.63) is 56.5 Å². The van der Waals surface area contributed by atoms with Crippen LogP contribution in [0.15, 0.2) is 39.3 Å². The van der Waals surface area contributed by atoms with Crippen molar-refractivity contribution in [2.75, 3.05) is 7.11 Å². The van der Waals surface area contributed by atoms with Crippen molar-refractivity contribution in [3.63, 3.8) is 0 Å². The quantitative estimate of drug-likeness (QED) is 0.703. The molecule has 0 saturated heterocycles. The molecular weight excluding hydrogens is 398 g/mol. The SMILES string of the molecule is COc1ccc(COc2c(F)cc(F)cc2Br)cc1Br. The second-order valence-electron chi connectivity index (χ2n) is 3.96. The summed E-state index contributed by atoms with van der Waals surface area (Å²) in [6, 6.07) is 7.33. The van der Waals surface area contributed by atoms with Crippen molar-refractivity contribution in [2.45, 2.75) is 6.61 Å². The fourth-order valence-electron chi connectivity index (χ4n) is 1.62. The molecule has 2 rings (SSSR count). The third-order valence-electron chi connectivity index (χ3n) is 2.56. The zero-order valence-electron chi connectivity index (χ0n) is 10.4. The summed E-state index contributed by atoms with van der Waals surface area (Å²) >= 11 is 6.43. The molecule has 106 valence electrons. The van der Waals surface area contributed by atoms with Crippen LogP contribution in [-0.2, 0) is 6.61 Å². The molecule has 2 aromatic rings. The Morgan fingerprint density at radius 1 is 1.05 bits per heavy atom. The molecule has 0 amide bonds. The van der Waals surface area contributed by atoms with Gasteiger partial charge < -0.3 is 9.47 Å². The second kappa shape index (κ2) is 6.54. The Labute approximate surface area is 132 Å². The van der Waals surface area contributed by atoms with E-state index in [9.17, 15) is 8.78 Å². The average molecular weight is 408 g/mol. The predicted molar refractivity (Wildman–Crippen MR) is 79.1 cm³/mol. The molecule has 20 heavy (non-hydrogen) atoms.